The van der Waals surface area contributed by atoms with E-state index in [9.17, 15) is 4.79 Å². The molecule has 12 heavy (non-hydrogen) atoms. The number of carbonyl (C=O) groups excluding carboxylic acids is 1. The second kappa shape index (κ2) is 4.42. The van der Waals surface area contributed by atoms with E-state index in [0.717, 1.165) is 13.2 Å². The normalized spacial score (nSPS) is 23.6. The summed E-state index contributed by atoms with van der Waals surface area (Å²) in [5, 5.41) is 0. The molecule has 2 N–H and O–H groups in total. The van der Waals surface area contributed by atoms with Gasteiger partial charge in [0.2, 0.25) is 5.91 Å². The Labute approximate surface area is 72.7 Å². The third-order valence-corrected chi connectivity index (χ3v) is 2.24. The number of hydrogen-bond donors (Lipinski definition) is 1. The van der Waals surface area contributed by atoms with Crippen LogP contribution < -0.4 is 5.73 Å². The van der Waals surface area contributed by atoms with E-state index in [-0.39, 0.29) is 5.91 Å². The predicted octanol–water partition coefficient (Wildman–Crippen LogP) is -0.417. The third-order valence-electron chi connectivity index (χ3n) is 2.24. The van der Waals surface area contributed by atoms with Crippen LogP contribution in [-0.4, -0.2) is 43.7 Å². The Morgan fingerprint density at radius 1 is 1.75 bits per heavy atom. The van der Waals surface area contributed by atoms with Crippen LogP contribution in [0.25, 0.3) is 0 Å². The van der Waals surface area contributed by atoms with Crippen LogP contribution in [0.3, 0.4) is 0 Å². The van der Waals surface area contributed by atoms with Crippen LogP contribution in [0.2, 0.25) is 0 Å². The molecule has 0 spiro atoms. The Balaban J connectivity index is 1.92. The first-order valence-electron chi connectivity index (χ1n) is 4.26. The van der Waals surface area contributed by atoms with Crippen molar-refractivity contribution in [1.82, 2.24) is 4.90 Å². The number of primary amides is 1. The van der Waals surface area contributed by atoms with E-state index in [0.29, 0.717) is 19.1 Å². The van der Waals surface area contributed by atoms with E-state index in [2.05, 4.69) is 11.9 Å². The highest BCUT2D eigenvalue weighted by atomic mass is 16.5. The number of likely N-dealkylation sites (N-methyl/N-ethyl adjacent to an activating group) is 1. The maximum Gasteiger partial charge on any atom is 0.219 e. The van der Waals surface area contributed by atoms with Crippen molar-refractivity contribution in [3.05, 3.63) is 0 Å². The van der Waals surface area contributed by atoms with Crippen molar-refractivity contribution in [2.45, 2.75) is 18.9 Å². The van der Waals surface area contributed by atoms with E-state index in [1.54, 1.807) is 0 Å². The maximum absolute atomic E-state index is 10.3. The zero-order chi connectivity index (χ0) is 8.97. The molecule has 1 aliphatic rings. The van der Waals surface area contributed by atoms with Crippen molar-refractivity contribution in [2.24, 2.45) is 5.73 Å². The van der Waals surface area contributed by atoms with Gasteiger partial charge in [-0.2, -0.15) is 0 Å². The van der Waals surface area contributed by atoms with Crippen molar-refractivity contribution in [3.8, 4) is 0 Å². The van der Waals surface area contributed by atoms with Gasteiger partial charge in [0, 0.05) is 12.5 Å². The quantitative estimate of drug-likeness (QED) is 0.573. The van der Waals surface area contributed by atoms with Crippen LogP contribution in [0.1, 0.15) is 12.8 Å². The molecule has 0 radical (unpaired) electrons. The van der Waals surface area contributed by atoms with Crippen molar-refractivity contribution in [1.29, 1.82) is 0 Å². The molecule has 70 valence electrons. The monoisotopic (exact) mass is 172 g/mol. The summed E-state index contributed by atoms with van der Waals surface area (Å²) in [7, 11) is 2.08. The second-order valence-electron chi connectivity index (χ2n) is 3.21. The molecule has 1 aliphatic heterocycles. The van der Waals surface area contributed by atoms with E-state index >= 15 is 0 Å². The minimum absolute atomic E-state index is 0.294. The number of ether oxygens (including phenoxy) is 1. The molecule has 0 saturated carbocycles. The van der Waals surface area contributed by atoms with Crippen LogP contribution in [0.15, 0.2) is 0 Å². The average molecular weight is 172 g/mol. The van der Waals surface area contributed by atoms with Crippen LogP contribution >= 0.6 is 0 Å². The Kier molecular flexibility index (Phi) is 3.49. The fourth-order valence-electron chi connectivity index (χ4n) is 1.17. The fourth-order valence-corrected chi connectivity index (χ4v) is 1.17. The fraction of sp³-hybridized carbons (Fsp3) is 0.875. The molecule has 0 bridgehead atoms. The lowest BCUT2D eigenvalue weighted by atomic mass is 10.1. The van der Waals surface area contributed by atoms with Crippen LogP contribution in [0.5, 0.6) is 0 Å². The summed E-state index contributed by atoms with van der Waals surface area (Å²) in [5.74, 6) is -0.294. The van der Waals surface area contributed by atoms with Crippen LogP contribution in [-0.2, 0) is 9.53 Å². The Morgan fingerprint density at radius 2 is 2.50 bits per heavy atom. The molecular weight excluding hydrogens is 156 g/mol. The largest absolute Gasteiger partial charge is 0.379 e. The van der Waals surface area contributed by atoms with Gasteiger partial charge in [0.1, 0.15) is 0 Å². The van der Waals surface area contributed by atoms with Crippen LogP contribution in [0, 0.1) is 0 Å². The molecule has 1 saturated heterocycles. The molecule has 4 heteroatoms. The van der Waals surface area contributed by atoms with Gasteiger partial charge in [-0.05, 0) is 20.0 Å². The van der Waals surface area contributed by atoms with E-state index < -0.39 is 0 Å². The molecule has 0 aliphatic carbocycles. The minimum atomic E-state index is -0.294. The maximum atomic E-state index is 10.3. The molecule has 1 heterocycles. The second-order valence-corrected chi connectivity index (χ2v) is 3.21. The molecule has 1 rings (SSSR count). The number of likely N-dealkylation sites (tertiary alicyclic amines) is 1. The standard InChI is InChI=1S/C8H16N2O2/c1-10-4-2-7(10)6-12-5-3-8(9)11/h7H,2-6H2,1H3,(H2,9,11). The van der Waals surface area contributed by atoms with Gasteiger partial charge >= 0.3 is 0 Å². The van der Waals surface area contributed by atoms with Gasteiger partial charge in [-0.15, -0.1) is 0 Å². The summed E-state index contributed by atoms with van der Waals surface area (Å²) >= 11 is 0. The summed E-state index contributed by atoms with van der Waals surface area (Å²) in [6.07, 6.45) is 1.53. The number of rotatable bonds is 5. The van der Waals surface area contributed by atoms with E-state index in [1.165, 1.54) is 6.42 Å². The van der Waals surface area contributed by atoms with Gasteiger partial charge < -0.3 is 15.4 Å². The molecule has 1 fully saturated rings. The third kappa shape index (κ3) is 2.79. The lowest BCUT2D eigenvalue weighted by Crippen LogP contribution is -2.47. The molecule has 0 aromatic heterocycles. The van der Waals surface area contributed by atoms with Gasteiger partial charge in [-0.1, -0.05) is 0 Å². The Hall–Kier alpha value is -0.610. The molecular formula is C8H16N2O2. The van der Waals surface area contributed by atoms with Crippen molar-refractivity contribution in [3.63, 3.8) is 0 Å². The molecule has 1 unspecified atom stereocenters. The summed E-state index contributed by atoms with van der Waals surface area (Å²) in [6.45, 7) is 2.34. The van der Waals surface area contributed by atoms with Gasteiger partial charge in [-0.25, -0.2) is 0 Å². The van der Waals surface area contributed by atoms with E-state index in [4.69, 9.17) is 10.5 Å². The highest BCUT2D eigenvalue weighted by Gasteiger charge is 2.23. The van der Waals surface area contributed by atoms with Gasteiger partial charge in [-0.3, -0.25) is 4.79 Å². The zero-order valence-corrected chi connectivity index (χ0v) is 7.45. The Morgan fingerprint density at radius 3 is 2.92 bits per heavy atom. The molecule has 1 atom stereocenters. The highest BCUT2D eigenvalue weighted by Crippen LogP contribution is 2.13. The highest BCUT2D eigenvalue weighted by molar-refractivity contribution is 5.73. The number of nitrogens with zero attached hydrogens (tertiary/aromatic N) is 1. The summed E-state index contributed by atoms with van der Waals surface area (Å²) in [5.41, 5.74) is 4.95. The molecule has 1 amide bonds. The lowest BCUT2D eigenvalue weighted by Gasteiger charge is -2.37. The van der Waals surface area contributed by atoms with Crippen molar-refractivity contribution >= 4 is 5.91 Å². The number of amides is 1. The van der Waals surface area contributed by atoms with Gasteiger partial charge in [0.05, 0.1) is 13.2 Å². The molecule has 4 nitrogen and oxygen atoms in total. The van der Waals surface area contributed by atoms with Gasteiger partial charge in [0.15, 0.2) is 0 Å². The summed E-state index contributed by atoms with van der Waals surface area (Å²) < 4.78 is 5.28. The number of nitrogens with two attached hydrogens (primary N) is 1. The van der Waals surface area contributed by atoms with Crippen molar-refractivity contribution in [2.75, 3.05) is 26.8 Å². The number of carbonyl (C=O) groups is 1. The summed E-state index contributed by atoms with van der Waals surface area (Å²) in [6, 6.07) is 0.554. The smallest absolute Gasteiger partial charge is 0.219 e. The first-order chi connectivity index (χ1) is 5.70. The van der Waals surface area contributed by atoms with Crippen LogP contribution in [0.4, 0.5) is 0 Å². The first kappa shape index (κ1) is 9.48. The first-order valence-corrected chi connectivity index (χ1v) is 4.26. The SMILES string of the molecule is CN1CCC1COCCC(N)=O. The Bertz CT molecular complexity index is 161. The minimum Gasteiger partial charge on any atom is -0.379 e. The predicted molar refractivity (Wildman–Crippen MR) is 45.7 cm³/mol. The summed E-state index contributed by atoms with van der Waals surface area (Å²) in [4.78, 5) is 12.6. The van der Waals surface area contributed by atoms with Gasteiger partial charge in [0.25, 0.3) is 0 Å². The number of hydrogen-bond acceptors (Lipinski definition) is 3. The molecule has 0 aromatic carbocycles. The zero-order valence-electron chi connectivity index (χ0n) is 7.45. The average Bonchev–Trinajstić information content (AvgIpc) is 2.01. The van der Waals surface area contributed by atoms with Crippen molar-refractivity contribution < 1.29 is 9.53 Å². The molecule has 0 aromatic rings. The topological polar surface area (TPSA) is 55.6 Å². The lowest BCUT2D eigenvalue weighted by molar-refractivity contribution is -0.119. The van der Waals surface area contributed by atoms with E-state index in [1.807, 2.05) is 0 Å².